The van der Waals surface area contributed by atoms with Crippen molar-refractivity contribution in [2.75, 3.05) is 6.61 Å². The van der Waals surface area contributed by atoms with Crippen LogP contribution in [0.1, 0.15) is 16.2 Å². The van der Waals surface area contributed by atoms with Crippen molar-refractivity contribution < 1.29 is 40.3 Å². The molecular formula is C20H15F7N4O2. The first kappa shape index (κ1) is 24.2. The monoisotopic (exact) mass is 476 g/mol. The van der Waals surface area contributed by atoms with Crippen LogP contribution in [0.5, 0.6) is 0 Å². The van der Waals surface area contributed by atoms with Crippen molar-refractivity contribution in [1.29, 1.82) is 0 Å². The molecule has 0 saturated heterocycles. The summed E-state index contributed by atoms with van der Waals surface area (Å²) in [6.07, 6.45) is -6.43. The maximum Gasteiger partial charge on any atom is 0.459 e. The molecule has 2 N–H and O–H groups in total. The average Bonchev–Trinajstić information content (AvgIpc) is 3.19. The van der Waals surface area contributed by atoms with E-state index in [1.165, 1.54) is 28.9 Å². The molecule has 3 rings (SSSR count). The van der Waals surface area contributed by atoms with Gasteiger partial charge in [0, 0.05) is 5.56 Å². The fraction of sp³-hybridized carbons (Fsp3) is 0.250. The molecule has 1 aromatic heterocycles. The van der Waals surface area contributed by atoms with Crippen LogP contribution in [0.15, 0.2) is 54.6 Å². The standard InChI is InChI=1S/C20H15F7N4O2/c21-18(22,19(23,24)20(25,26)27)11-33-10-12-5-4-8-14(9-12)31-17(13-6-2-1-3-7-13)29-16(30-31)15(28)32/h1-9H,10-11H2,(H2,28,32). The molecule has 3 aromatic rings. The highest BCUT2D eigenvalue weighted by Crippen LogP contribution is 2.46. The lowest BCUT2D eigenvalue weighted by Crippen LogP contribution is -2.54. The van der Waals surface area contributed by atoms with E-state index in [4.69, 9.17) is 5.73 Å². The average molecular weight is 476 g/mol. The zero-order chi connectivity index (χ0) is 24.4. The topological polar surface area (TPSA) is 83.0 Å². The number of benzene rings is 2. The van der Waals surface area contributed by atoms with Crippen molar-refractivity contribution in [2.24, 2.45) is 5.73 Å². The van der Waals surface area contributed by atoms with Gasteiger partial charge in [-0.3, -0.25) is 4.79 Å². The van der Waals surface area contributed by atoms with Gasteiger partial charge in [0.15, 0.2) is 5.82 Å². The number of hydrogen-bond acceptors (Lipinski definition) is 4. The first-order valence-corrected chi connectivity index (χ1v) is 9.15. The number of carbonyl (C=O) groups is 1. The largest absolute Gasteiger partial charge is 0.459 e. The van der Waals surface area contributed by atoms with Gasteiger partial charge >= 0.3 is 18.0 Å². The number of nitrogens with zero attached hydrogens (tertiary/aromatic N) is 3. The Labute approximate surface area is 181 Å². The number of rotatable bonds is 8. The Bertz CT molecular complexity index is 1130. The van der Waals surface area contributed by atoms with Crippen LogP contribution < -0.4 is 5.73 Å². The smallest absolute Gasteiger partial charge is 0.370 e. The number of carbonyl (C=O) groups excluding carboxylic acids is 1. The number of halogens is 7. The van der Waals surface area contributed by atoms with Gasteiger partial charge in [0.25, 0.3) is 5.91 Å². The van der Waals surface area contributed by atoms with Crippen molar-refractivity contribution in [3.05, 3.63) is 66.0 Å². The van der Waals surface area contributed by atoms with E-state index in [1.54, 1.807) is 30.3 Å². The number of hydrogen-bond donors (Lipinski definition) is 1. The van der Waals surface area contributed by atoms with Crippen molar-refractivity contribution in [3.63, 3.8) is 0 Å². The fourth-order valence-electron chi connectivity index (χ4n) is 2.74. The fourth-order valence-corrected chi connectivity index (χ4v) is 2.74. The van der Waals surface area contributed by atoms with Gasteiger partial charge in [-0.05, 0) is 17.7 Å². The van der Waals surface area contributed by atoms with Gasteiger partial charge in [0.1, 0.15) is 6.61 Å². The third-order valence-corrected chi connectivity index (χ3v) is 4.38. The summed E-state index contributed by atoms with van der Waals surface area (Å²) in [5.41, 5.74) is 6.25. The molecule has 0 saturated carbocycles. The summed E-state index contributed by atoms with van der Waals surface area (Å²) in [4.78, 5) is 15.6. The lowest BCUT2D eigenvalue weighted by molar-refractivity contribution is -0.361. The molecule has 0 spiro atoms. The summed E-state index contributed by atoms with van der Waals surface area (Å²) in [6.45, 7) is -2.86. The maximum absolute atomic E-state index is 13.4. The summed E-state index contributed by atoms with van der Waals surface area (Å²) in [6, 6.07) is 14.2. The molecule has 0 fully saturated rings. The van der Waals surface area contributed by atoms with E-state index in [-0.39, 0.29) is 22.9 Å². The van der Waals surface area contributed by atoms with Gasteiger partial charge in [0.05, 0.1) is 12.3 Å². The van der Waals surface area contributed by atoms with Crippen molar-refractivity contribution in [1.82, 2.24) is 14.8 Å². The molecule has 0 aliphatic rings. The molecule has 1 heterocycles. The molecule has 0 aliphatic carbocycles. The van der Waals surface area contributed by atoms with Gasteiger partial charge in [-0.15, -0.1) is 5.10 Å². The van der Waals surface area contributed by atoms with E-state index < -0.39 is 37.1 Å². The normalized spacial score (nSPS) is 12.7. The second-order valence-electron chi connectivity index (χ2n) is 6.84. The lowest BCUT2D eigenvalue weighted by Gasteiger charge is -2.27. The van der Waals surface area contributed by atoms with Crippen molar-refractivity contribution in [2.45, 2.75) is 24.6 Å². The van der Waals surface area contributed by atoms with Gasteiger partial charge < -0.3 is 10.5 Å². The minimum atomic E-state index is -6.43. The quantitative estimate of drug-likeness (QED) is 0.489. The number of primary amides is 1. The molecule has 0 bridgehead atoms. The van der Waals surface area contributed by atoms with E-state index in [2.05, 4.69) is 14.8 Å². The third kappa shape index (κ3) is 4.97. The summed E-state index contributed by atoms with van der Waals surface area (Å²) in [5, 5.41) is 4.02. The van der Waals surface area contributed by atoms with E-state index >= 15 is 0 Å². The van der Waals surface area contributed by atoms with Crippen LogP contribution in [-0.2, 0) is 11.3 Å². The molecule has 33 heavy (non-hydrogen) atoms. The zero-order valence-electron chi connectivity index (χ0n) is 16.5. The van der Waals surface area contributed by atoms with Crippen LogP contribution in [0.4, 0.5) is 30.7 Å². The second-order valence-corrected chi connectivity index (χ2v) is 6.84. The molecule has 176 valence electrons. The van der Waals surface area contributed by atoms with Crippen LogP contribution in [0, 0.1) is 0 Å². The Kier molecular flexibility index (Phi) is 6.45. The van der Waals surface area contributed by atoms with Crippen LogP contribution in [0.3, 0.4) is 0 Å². The first-order valence-electron chi connectivity index (χ1n) is 9.15. The molecular weight excluding hydrogens is 461 g/mol. The van der Waals surface area contributed by atoms with Gasteiger partial charge in [-0.25, -0.2) is 9.67 Å². The summed E-state index contributed by atoms with van der Waals surface area (Å²) in [7, 11) is 0. The van der Waals surface area contributed by atoms with Crippen LogP contribution in [0.2, 0.25) is 0 Å². The van der Waals surface area contributed by atoms with E-state index in [9.17, 15) is 35.5 Å². The predicted molar refractivity (Wildman–Crippen MR) is 101 cm³/mol. The molecule has 0 atom stereocenters. The molecule has 0 radical (unpaired) electrons. The van der Waals surface area contributed by atoms with Gasteiger partial charge in [-0.2, -0.15) is 30.7 Å². The van der Waals surface area contributed by atoms with Crippen molar-refractivity contribution in [3.8, 4) is 17.1 Å². The molecule has 0 unspecified atom stereocenters. The number of nitrogens with two attached hydrogens (primary N) is 1. The highest BCUT2D eigenvalue weighted by atomic mass is 19.4. The van der Waals surface area contributed by atoms with E-state index in [0.29, 0.717) is 5.56 Å². The molecule has 1 amide bonds. The number of alkyl halides is 7. The Morgan fingerprint density at radius 2 is 1.64 bits per heavy atom. The third-order valence-electron chi connectivity index (χ3n) is 4.38. The van der Waals surface area contributed by atoms with Crippen LogP contribution in [-0.4, -0.2) is 45.3 Å². The SMILES string of the molecule is NC(=O)c1nc(-c2ccccc2)n(-c2cccc(COCC(F)(F)C(F)(F)C(F)(F)F)c2)n1. The van der Waals surface area contributed by atoms with E-state index in [0.717, 1.165) is 0 Å². The Balaban J connectivity index is 1.83. The Morgan fingerprint density at radius 3 is 2.24 bits per heavy atom. The van der Waals surface area contributed by atoms with Crippen molar-refractivity contribution >= 4 is 5.91 Å². The van der Waals surface area contributed by atoms with E-state index in [1.807, 2.05) is 0 Å². The maximum atomic E-state index is 13.4. The Morgan fingerprint density at radius 1 is 0.970 bits per heavy atom. The summed E-state index contributed by atoms with van der Waals surface area (Å²) in [5.74, 6) is -12.7. The lowest BCUT2D eigenvalue weighted by atomic mass is 10.1. The minimum absolute atomic E-state index is 0.161. The summed E-state index contributed by atoms with van der Waals surface area (Å²) < 4.78 is 95.1. The molecule has 0 aliphatic heterocycles. The minimum Gasteiger partial charge on any atom is -0.370 e. The predicted octanol–water partition coefficient (Wildman–Crippen LogP) is 4.38. The summed E-state index contributed by atoms with van der Waals surface area (Å²) >= 11 is 0. The first-order chi connectivity index (χ1) is 15.3. The molecule has 2 aromatic carbocycles. The Hall–Kier alpha value is -3.48. The zero-order valence-corrected chi connectivity index (χ0v) is 16.5. The van der Waals surface area contributed by atoms with Crippen LogP contribution >= 0.6 is 0 Å². The highest BCUT2D eigenvalue weighted by molar-refractivity contribution is 5.89. The second kappa shape index (κ2) is 8.81. The number of aromatic nitrogens is 3. The highest BCUT2D eigenvalue weighted by Gasteiger charge is 2.72. The molecule has 13 heteroatoms. The van der Waals surface area contributed by atoms with Gasteiger partial charge in [-0.1, -0.05) is 42.5 Å². The number of ether oxygens (including phenoxy) is 1. The van der Waals surface area contributed by atoms with Crippen LogP contribution in [0.25, 0.3) is 17.1 Å². The number of amides is 1. The molecule has 6 nitrogen and oxygen atoms in total. The van der Waals surface area contributed by atoms with Gasteiger partial charge in [0.2, 0.25) is 5.82 Å².